The molecular formula is C17H34AlN. The maximum absolute atomic E-state index is 2.98. The zero-order valence-electron chi connectivity index (χ0n) is 13.4. The number of piperidine rings is 1. The van der Waals surface area contributed by atoms with Gasteiger partial charge in [-0.15, -0.1) is 0 Å². The predicted molar refractivity (Wildman–Crippen MR) is 86.8 cm³/mol. The Balaban J connectivity index is 1.85. The number of rotatable bonds is 7. The monoisotopic (exact) mass is 279 g/mol. The summed E-state index contributed by atoms with van der Waals surface area (Å²) in [5, 5.41) is 3.32. The third-order valence-electron chi connectivity index (χ3n) is 5.58. The Bertz CT molecular complexity index is 221. The summed E-state index contributed by atoms with van der Waals surface area (Å²) in [6, 6.07) is 0. The minimum absolute atomic E-state index is 0.530. The topological polar surface area (TPSA) is 3.24 Å². The van der Waals surface area contributed by atoms with E-state index in [4.69, 9.17) is 0 Å². The maximum atomic E-state index is 2.98. The van der Waals surface area contributed by atoms with Crippen LogP contribution in [0.3, 0.4) is 0 Å². The second-order valence-corrected chi connectivity index (χ2v) is 10.0. The summed E-state index contributed by atoms with van der Waals surface area (Å²) in [5.41, 5.74) is 0. The van der Waals surface area contributed by atoms with Crippen molar-refractivity contribution in [1.29, 1.82) is 0 Å². The molecule has 0 radical (unpaired) electrons. The minimum Gasteiger partial charge on any atom is -0.385 e. The highest BCUT2D eigenvalue weighted by Crippen LogP contribution is 2.41. The molecule has 2 fully saturated rings. The fourth-order valence-corrected chi connectivity index (χ4v) is 8.92. The molecule has 0 bridgehead atoms. The van der Waals surface area contributed by atoms with E-state index < -0.39 is 14.4 Å². The van der Waals surface area contributed by atoms with Crippen molar-refractivity contribution >= 4 is 14.4 Å². The van der Waals surface area contributed by atoms with Crippen molar-refractivity contribution in [3.63, 3.8) is 0 Å². The molecule has 2 heteroatoms. The molecule has 2 aliphatic heterocycles. The van der Waals surface area contributed by atoms with Crippen LogP contribution in [0.4, 0.5) is 0 Å². The van der Waals surface area contributed by atoms with Crippen molar-refractivity contribution in [2.75, 3.05) is 13.1 Å². The van der Waals surface area contributed by atoms with Crippen LogP contribution in [0.5, 0.6) is 0 Å². The van der Waals surface area contributed by atoms with Gasteiger partial charge in [-0.25, -0.2) is 0 Å². The van der Waals surface area contributed by atoms with E-state index in [0.717, 1.165) is 11.8 Å². The number of hydrogen-bond acceptors (Lipinski definition) is 1. The van der Waals surface area contributed by atoms with Crippen molar-refractivity contribution in [3.05, 3.63) is 0 Å². The van der Waals surface area contributed by atoms with Crippen LogP contribution in [0.15, 0.2) is 0 Å². The average molecular weight is 279 g/mol. The van der Waals surface area contributed by atoms with Gasteiger partial charge in [-0.3, -0.25) is 0 Å². The highest BCUT2D eigenvalue weighted by atomic mass is 27.2. The largest absolute Gasteiger partial charge is 0.385 e. The van der Waals surface area contributed by atoms with E-state index in [0.29, 0.717) is 0 Å². The maximum Gasteiger partial charge on any atom is 0.373 e. The molecule has 110 valence electrons. The second-order valence-electron chi connectivity index (χ2n) is 7.03. The molecule has 2 heterocycles. The molecule has 2 atom stereocenters. The second kappa shape index (κ2) is 8.71. The Hall–Kier alpha value is 0.492. The third-order valence-corrected chi connectivity index (χ3v) is 9.43. The van der Waals surface area contributed by atoms with Gasteiger partial charge in [0.05, 0.1) is 0 Å². The Morgan fingerprint density at radius 1 is 0.842 bits per heavy atom. The first-order chi connectivity index (χ1) is 9.35. The summed E-state index contributed by atoms with van der Waals surface area (Å²) in [5.74, 6) is 2.23. The van der Waals surface area contributed by atoms with Crippen molar-refractivity contribution in [2.24, 2.45) is 11.8 Å². The molecule has 0 aromatic carbocycles. The van der Waals surface area contributed by atoms with E-state index in [9.17, 15) is 0 Å². The van der Waals surface area contributed by atoms with E-state index >= 15 is 0 Å². The van der Waals surface area contributed by atoms with Crippen molar-refractivity contribution in [3.8, 4) is 0 Å². The molecular weight excluding hydrogens is 245 g/mol. The van der Waals surface area contributed by atoms with E-state index in [2.05, 4.69) is 17.7 Å². The predicted octanol–water partition coefficient (Wildman–Crippen LogP) is 5.09. The zero-order valence-corrected chi connectivity index (χ0v) is 14.5. The van der Waals surface area contributed by atoms with E-state index in [-0.39, 0.29) is 0 Å². The number of hydrogen-bond donors (Lipinski definition) is 0. The van der Waals surface area contributed by atoms with Gasteiger partial charge in [0.15, 0.2) is 0 Å². The molecule has 0 amide bonds. The Labute approximate surface area is 125 Å². The smallest absolute Gasteiger partial charge is 0.373 e. The van der Waals surface area contributed by atoms with Crippen molar-refractivity contribution in [1.82, 2.24) is 3.88 Å². The van der Waals surface area contributed by atoms with Crippen molar-refractivity contribution in [2.45, 2.75) is 82.2 Å². The molecule has 0 aliphatic carbocycles. The molecule has 0 saturated carbocycles. The lowest BCUT2D eigenvalue weighted by atomic mass is 9.87. The van der Waals surface area contributed by atoms with Crippen LogP contribution in [0.1, 0.15) is 71.6 Å². The number of nitrogens with zero attached hydrogens (tertiary/aromatic N) is 1. The first-order valence-electron chi connectivity index (χ1n) is 9.09. The molecule has 0 unspecified atom stereocenters. The van der Waals surface area contributed by atoms with E-state index in [1.54, 1.807) is 23.4 Å². The summed E-state index contributed by atoms with van der Waals surface area (Å²) >= 11 is -0.530. The molecule has 0 N–H and O–H groups in total. The van der Waals surface area contributed by atoms with Gasteiger partial charge in [-0.2, -0.15) is 0 Å². The van der Waals surface area contributed by atoms with Gasteiger partial charge in [0.2, 0.25) is 0 Å². The average Bonchev–Trinajstić information content (AvgIpc) is 2.87. The lowest BCUT2D eigenvalue weighted by Gasteiger charge is -2.30. The van der Waals surface area contributed by atoms with Gasteiger partial charge in [-0.05, 0) is 25.9 Å². The van der Waals surface area contributed by atoms with Crippen LogP contribution in [-0.2, 0) is 0 Å². The fraction of sp³-hybridized carbons (Fsp3) is 1.00. The summed E-state index contributed by atoms with van der Waals surface area (Å²) < 4.78 is 2.98. The van der Waals surface area contributed by atoms with Gasteiger partial charge < -0.3 is 3.88 Å². The Morgan fingerprint density at radius 3 is 1.84 bits per heavy atom. The van der Waals surface area contributed by atoms with Gasteiger partial charge in [0.1, 0.15) is 0 Å². The van der Waals surface area contributed by atoms with Crippen LogP contribution in [0.2, 0.25) is 10.6 Å². The molecule has 1 nitrogen and oxygen atoms in total. The Kier molecular flexibility index (Phi) is 7.27. The fourth-order valence-electron chi connectivity index (χ4n) is 4.40. The molecule has 0 aromatic rings. The Morgan fingerprint density at radius 2 is 1.37 bits per heavy atom. The molecule has 0 aromatic heterocycles. The lowest BCUT2D eigenvalue weighted by molar-refractivity contribution is 0.348. The normalized spacial score (nSPS) is 29.1. The van der Waals surface area contributed by atoms with E-state index in [1.807, 2.05) is 0 Å². The van der Waals surface area contributed by atoms with Crippen LogP contribution in [-0.4, -0.2) is 31.3 Å². The molecule has 2 saturated heterocycles. The number of unbranched alkanes of at least 4 members (excludes halogenated alkanes) is 2. The molecule has 0 spiro atoms. The van der Waals surface area contributed by atoms with Gasteiger partial charge in [0.25, 0.3) is 0 Å². The van der Waals surface area contributed by atoms with Crippen LogP contribution in [0, 0.1) is 11.8 Å². The molecule has 2 rings (SSSR count). The van der Waals surface area contributed by atoms with Crippen LogP contribution < -0.4 is 0 Å². The third kappa shape index (κ3) is 4.76. The SMILES string of the molecule is CCCC[C@@H]1[CH2][Al]([N]2CCCCC2)[CH2][C@H]1CCCC. The highest BCUT2D eigenvalue weighted by molar-refractivity contribution is 6.56. The standard InChI is InChI=1S/C12H24.C5H10N.Al/c1-5-7-9-11(3)12(4)10-8-6-2;1-2-4-6-5-3-1;/h11-12H,3-10H2,1-2H3;1-5H2;/q;-1;+1/t11-,12-;;/m0../s1. The summed E-state index contributed by atoms with van der Waals surface area (Å²) in [6.07, 6.45) is 13.3. The minimum atomic E-state index is -0.530. The van der Waals surface area contributed by atoms with E-state index in [1.165, 1.54) is 58.0 Å². The van der Waals surface area contributed by atoms with Crippen LogP contribution in [0.25, 0.3) is 0 Å². The lowest BCUT2D eigenvalue weighted by Crippen LogP contribution is -2.41. The highest BCUT2D eigenvalue weighted by Gasteiger charge is 2.41. The summed E-state index contributed by atoms with van der Waals surface area (Å²) in [6.45, 7) is 7.63. The van der Waals surface area contributed by atoms with Gasteiger partial charge >= 0.3 is 14.4 Å². The summed E-state index contributed by atoms with van der Waals surface area (Å²) in [7, 11) is 0. The van der Waals surface area contributed by atoms with Crippen LogP contribution >= 0.6 is 0 Å². The molecule has 2 aliphatic rings. The first-order valence-corrected chi connectivity index (χ1v) is 11.2. The first kappa shape index (κ1) is 15.9. The zero-order chi connectivity index (χ0) is 13.5. The van der Waals surface area contributed by atoms with Crippen molar-refractivity contribution < 1.29 is 0 Å². The van der Waals surface area contributed by atoms with Gasteiger partial charge in [0, 0.05) is 0 Å². The quantitative estimate of drug-likeness (QED) is 0.587. The summed E-state index contributed by atoms with van der Waals surface area (Å²) in [4.78, 5) is 0. The molecule has 19 heavy (non-hydrogen) atoms. The van der Waals surface area contributed by atoms with Gasteiger partial charge in [-0.1, -0.05) is 81.2 Å².